The number of hydrogen-bond acceptors (Lipinski definition) is 7. The van der Waals surface area contributed by atoms with Crippen molar-refractivity contribution in [3.8, 4) is 0 Å². The summed E-state index contributed by atoms with van der Waals surface area (Å²) in [5.74, 6) is 0.180. The fraction of sp³-hybridized carbons (Fsp3) is 0.500. The topological polar surface area (TPSA) is 93.0 Å². The third-order valence-corrected chi connectivity index (χ3v) is 6.31. The van der Waals surface area contributed by atoms with Gasteiger partial charge in [-0.1, -0.05) is 0 Å². The van der Waals surface area contributed by atoms with E-state index in [1.54, 1.807) is 24.3 Å². The first-order valence-electron chi connectivity index (χ1n) is 9.83. The Morgan fingerprint density at radius 1 is 1.14 bits per heavy atom. The molecule has 2 fully saturated rings. The van der Waals surface area contributed by atoms with Crippen molar-refractivity contribution in [1.82, 2.24) is 10.2 Å². The summed E-state index contributed by atoms with van der Waals surface area (Å²) in [5, 5.41) is 6.42. The Balaban J connectivity index is 1.34. The maximum atomic E-state index is 12.7. The van der Waals surface area contributed by atoms with E-state index >= 15 is 0 Å². The van der Waals surface area contributed by atoms with Crippen LogP contribution in [0.5, 0.6) is 0 Å². The molecule has 0 bridgehead atoms. The Bertz CT molecular complexity index is 810. The molecule has 0 spiro atoms. The maximum absolute atomic E-state index is 12.7. The molecule has 0 aliphatic carbocycles. The van der Waals surface area contributed by atoms with Crippen LogP contribution in [-0.4, -0.2) is 68.8 Å². The van der Waals surface area contributed by atoms with Crippen molar-refractivity contribution >= 4 is 28.2 Å². The van der Waals surface area contributed by atoms with Gasteiger partial charge in [0.2, 0.25) is 0 Å². The van der Waals surface area contributed by atoms with Crippen LogP contribution in [0.3, 0.4) is 0 Å². The molecular formula is C20H25N3O5S. The molecular weight excluding hydrogens is 394 g/mol. The second-order valence-corrected chi connectivity index (χ2v) is 8.23. The van der Waals surface area contributed by atoms with Gasteiger partial charge in [0.25, 0.3) is 11.8 Å². The predicted octanol–water partition coefficient (Wildman–Crippen LogP) is 2.06. The Labute approximate surface area is 173 Å². The van der Waals surface area contributed by atoms with Gasteiger partial charge in [0, 0.05) is 38.2 Å². The molecule has 2 amide bonds. The lowest BCUT2D eigenvalue weighted by Gasteiger charge is -2.37. The molecule has 2 atom stereocenters. The third-order valence-electron chi connectivity index (χ3n) is 5.31. The lowest BCUT2D eigenvalue weighted by molar-refractivity contribution is 0.00167. The van der Waals surface area contributed by atoms with Crippen LogP contribution in [0.1, 0.15) is 26.6 Å². The minimum absolute atomic E-state index is 0.134. The molecule has 4 rings (SSSR count). The highest BCUT2D eigenvalue weighted by Crippen LogP contribution is 2.24. The van der Waals surface area contributed by atoms with Crippen LogP contribution in [-0.2, 0) is 9.47 Å². The molecule has 2 aromatic heterocycles. The van der Waals surface area contributed by atoms with E-state index in [9.17, 15) is 9.59 Å². The van der Waals surface area contributed by atoms with Crippen molar-refractivity contribution in [2.45, 2.75) is 12.5 Å². The second-order valence-electron chi connectivity index (χ2n) is 7.14. The maximum Gasteiger partial charge on any atom is 0.291 e. The van der Waals surface area contributed by atoms with E-state index in [0.29, 0.717) is 22.3 Å². The van der Waals surface area contributed by atoms with Gasteiger partial charge < -0.3 is 24.5 Å². The monoisotopic (exact) mass is 419 g/mol. The predicted molar refractivity (Wildman–Crippen MR) is 108 cm³/mol. The summed E-state index contributed by atoms with van der Waals surface area (Å²) in [6.45, 7) is 5.28. The Kier molecular flexibility index (Phi) is 6.60. The Morgan fingerprint density at radius 3 is 2.72 bits per heavy atom. The highest BCUT2D eigenvalue weighted by atomic mass is 32.1. The van der Waals surface area contributed by atoms with Crippen molar-refractivity contribution in [3.63, 3.8) is 0 Å². The van der Waals surface area contributed by atoms with E-state index in [2.05, 4.69) is 15.5 Å². The third kappa shape index (κ3) is 5.05. The number of hydrogen-bond donors (Lipinski definition) is 2. The fourth-order valence-corrected chi connectivity index (χ4v) is 4.57. The summed E-state index contributed by atoms with van der Waals surface area (Å²) < 4.78 is 16.1. The zero-order valence-corrected chi connectivity index (χ0v) is 16.9. The van der Waals surface area contributed by atoms with Gasteiger partial charge in [0.05, 0.1) is 36.0 Å². The summed E-state index contributed by atoms with van der Waals surface area (Å²) in [6, 6.07) is 6.94. The van der Waals surface area contributed by atoms with Gasteiger partial charge in [0.15, 0.2) is 5.76 Å². The number of rotatable bonds is 7. The van der Waals surface area contributed by atoms with Gasteiger partial charge >= 0.3 is 0 Å². The first kappa shape index (κ1) is 20.1. The van der Waals surface area contributed by atoms with Crippen LogP contribution in [0, 0.1) is 5.92 Å². The number of nitrogens with zero attached hydrogens (tertiary/aromatic N) is 1. The normalized spacial score (nSPS) is 21.0. The van der Waals surface area contributed by atoms with E-state index in [0.717, 1.165) is 45.9 Å². The number of nitrogens with one attached hydrogen (secondary N) is 2. The van der Waals surface area contributed by atoms with Crippen LogP contribution in [0.15, 0.2) is 34.9 Å². The van der Waals surface area contributed by atoms with Crippen LogP contribution in [0.4, 0.5) is 5.00 Å². The van der Waals surface area contributed by atoms with Crippen LogP contribution in [0.2, 0.25) is 0 Å². The largest absolute Gasteiger partial charge is 0.459 e. The number of carbonyl (C=O) groups is 2. The van der Waals surface area contributed by atoms with Crippen molar-refractivity contribution < 1.29 is 23.5 Å². The van der Waals surface area contributed by atoms with Crippen LogP contribution >= 0.6 is 11.3 Å². The average molecular weight is 420 g/mol. The number of furan rings is 1. The van der Waals surface area contributed by atoms with Crippen LogP contribution in [0.25, 0.3) is 0 Å². The molecule has 29 heavy (non-hydrogen) atoms. The molecule has 8 nitrogen and oxygen atoms in total. The molecule has 0 saturated carbocycles. The second kappa shape index (κ2) is 9.53. The highest BCUT2D eigenvalue weighted by Gasteiger charge is 2.32. The molecule has 2 saturated heterocycles. The molecule has 2 aliphatic rings. The van der Waals surface area contributed by atoms with Gasteiger partial charge in [-0.15, -0.1) is 11.3 Å². The summed E-state index contributed by atoms with van der Waals surface area (Å²) in [7, 11) is 0. The quantitative estimate of drug-likeness (QED) is 0.714. The molecule has 0 aromatic carbocycles. The van der Waals surface area contributed by atoms with Crippen molar-refractivity contribution in [2.75, 3.05) is 51.4 Å². The number of morpholine rings is 1. The standard InChI is InChI=1S/C20H25N3O5S/c24-19(16-2-1-8-28-16)22-18-4-3-17(29-18)20(25)21-12-15(14-5-9-27-13-14)23-6-10-26-11-7-23/h1-4,8,14-15H,5-7,9-13H2,(H,21,25)(H,22,24). The van der Waals surface area contributed by atoms with Crippen molar-refractivity contribution in [2.24, 2.45) is 5.92 Å². The molecule has 2 aliphatic heterocycles. The molecule has 2 N–H and O–H groups in total. The van der Waals surface area contributed by atoms with Crippen molar-refractivity contribution in [3.05, 3.63) is 41.2 Å². The molecule has 2 aromatic rings. The van der Waals surface area contributed by atoms with Crippen molar-refractivity contribution in [1.29, 1.82) is 0 Å². The zero-order valence-electron chi connectivity index (χ0n) is 16.1. The van der Waals surface area contributed by atoms with E-state index in [1.807, 2.05) is 0 Å². The number of amides is 2. The van der Waals surface area contributed by atoms with E-state index in [4.69, 9.17) is 13.9 Å². The van der Waals surface area contributed by atoms with Gasteiger partial charge in [-0.25, -0.2) is 0 Å². The van der Waals surface area contributed by atoms with E-state index < -0.39 is 0 Å². The number of anilines is 1. The molecule has 9 heteroatoms. The summed E-state index contributed by atoms with van der Waals surface area (Å²) in [6.07, 6.45) is 2.46. The summed E-state index contributed by atoms with van der Waals surface area (Å²) in [4.78, 5) is 27.7. The Hall–Kier alpha value is -2.20. The molecule has 0 radical (unpaired) electrons. The number of thiophene rings is 1. The Morgan fingerprint density at radius 2 is 2.00 bits per heavy atom. The molecule has 4 heterocycles. The van der Waals surface area contributed by atoms with E-state index in [1.165, 1.54) is 17.6 Å². The average Bonchev–Trinajstić information content (AvgIpc) is 3.51. The highest BCUT2D eigenvalue weighted by molar-refractivity contribution is 7.18. The SMILES string of the molecule is O=C(Nc1ccc(C(=O)NCC(C2CCOC2)N2CCOCC2)s1)c1ccco1. The van der Waals surface area contributed by atoms with Gasteiger partial charge in [-0.3, -0.25) is 14.5 Å². The number of ether oxygens (including phenoxy) is 2. The summed E-state index contributed by atoms with van der Waals surface area (Å²) >= 11 is 1.24. The zero-order chi connectivity index (χ0) is 20.1. The van der Waals surface area contributed by atoms with Gasteiger partial charge in [-0.2, -0.15) is 0 Å². The lowest BCUT2D eigenvalue weighted by Crippen LogP contribution is -2.52. The minimum Gasteiger partial charge on any atom is -0.459 e. The number of carbonyl (C=O) groups excluding carboxylic acids is 2. The fourth-order valence-electron chi connectivity index (χ4n) is 3.75. The smallest absolute Gasteiger partial charge is 0.291 e. The van der Waals surface area contributed by atoms with Crippen LogP contribution < -0.4 is 10.6 Å². The first-order valence-corrected chi connectivity index (χ1v) is 10.6. The molecule has 156 valence electrons. The van der Waals surface area contributed by atoms with E-state index in [-0.39, 0.29) is 23.6 Å². The summed E-state index contributed by atoms with van der Waals surface area (Å²) in [5.41, 5.74) is 0. The first-order chi connectivity index (χ1) is 14.2. The minimum atomic E-state index is -0.336. The lowest BCUT2D eigenvalue weighted by atomic mass is 9.97. The van der Waals surface area contributed by atoms with Gasteiger partial charge in [-0.05, 0) is 30.7 Å². The van der Waals surface area contributed by atoms with Gasteiger partial charge in [0.1, 0.15) is 0 Å². The molecule has 2 unspecified atom stereocenters.